The Morgan fingerprint density at radius 3 is 1.88 bits per heavy atom. The van der Waals surface area contributed by atoms with Crippen molar-refractivity contribution >= 4 is 76.3 Å². The monoisotopic (exact) mass is 1570 g/mol. The van der Waals surface area contributed by atoms with Crippen LogP contribution in [-0.2, 0) is 78.4 Å². The third kappa shape index (κ3) is 19.2. The second-order valence-electron chi connectivity index (χ2n) is 30.4. The minimum absolute atomic E-state index is 0.00289. The number of thiazole rings is 2. The highest BCUT2D eigenvalue weighted by atomic mass is 32.1. The molecule has 3 fully saturated rings. The number of esters is 4. The van der Waals surface area contributed by atoms with Crippen LogP contribution in [0.4, 0.5) is 9.59 Å². The summed E-state index contributed by atoms with van der Waals surface area (Å²) in [6.45, 7) is 16.3. The molecule has 0 unspecified atom stereocenters. The molecule has 0 radical (unpaired) electrons. The highest BCUT2D eigenvalue weighted by Gasteiger charge is 2.78. The standard InChI is InChI=1S/C47H51NO14.C37H48N6O5S2/c1-25-31(60-43(56)36(52)35(28-16-10-7-11-17-28)48-41(54)29-18-12-8-13-19-29)23-47(57)40(61-42(55)30-20-14-9-15-21-30)38-45(6,32(51)22-33-46(38,24-58-33)62-27(3)50)39(53)37(59-26(2)49)34(25)44(47,4)5;1-24(2)33(42-36(46)43(5)20-29-22-49-35(40-29)25(3)4)34(45)39-28(16-26-12-8-6-9-13-26)18-32(44)31(17-27-14-10-7-11-15-27)41-37(47)48-21-30-19-38-23-50-30/h7-21,31-33,35-38,40,51-52,57H,22-24H2,1-6H3,(H,48,54);6-15,19,22-25,28,31-33,44H,16-18,20-21H2,1-5H3,(H,39,45)(H,41,47)(H,42,46)/t31-,32-,33+,35-,36+,37+,38-,40-,45+,46-,47+;28-,31-,32-,33-/m00/s1. The zero-order chi connectivity index (χ0) is 81.0. The summed E-state index contributed by atoms with van der Waals surface area (Å²) in [7, 11) is 1.68. The number of ketones is 1. The van der Waals surface area contributed by atoms with Gasteiger partial charge in [0.1, 0.15) is 36.6 Å². The van der Waals surface area contributed by atoms with Crippen molar-refractivity contribution in [1.29, 1.82) is 0 Å². The van der Waals surface area contributed by atoms with Crippen molar-refractivity contribution in [3.8, 4) is 0 Å². The van der Waals surface area contributed by atoms with Crippen molar-refractivity contribution in [3.05, 3.63) is 223 Å². The van der Waals surface area contributed by atoms with Crippen LogP contribution in [0.15, 0.2) is 180 Å². The van der Waals surface area contributed by atoms with E-state index >= 15 is 4.79 Å². The molecule has 7 aromatic rings. The molecular formula is C84H99N7O19S2. The van der Waals surface area contributed by atoms with Gasteiger partial charge >= 0.3 is 36.0 Å². The highest BCUT2D eigenvalue weighted by molar-refractivity contribution is 7.09. The molecular weight excluding hydrogens is 1480 g/mol. The van der Waals surface area contributed by atoms with Crippen molar-refractivity contribution in [2.24, 2.45) is 22.7 Å². The number of hydrogen-bond acceptors (Lipinski definition) is 23. The van der Waals surface area contributed by atoms with E-state index in [-0.39, 0.29) is 66.2 Å². The molecule has 0 spiro atoms. The first-order valence-electron chi connectivity index (χ1n) is 37.3. The van der Waals surface area contributed by atoms with Gasteiger partial charge in [0, 0.05) is 68.3 Å². The van der Waals surface area contributed by atoms with Crippen LogP contribution in [0.1, 0.15) is 153 Å². The molecule has 4 aliphatic rings. The molecule has 596 valence electrons. The summed E-state index contributed by atoms with van der Waals surface area (Å²) in [6, 6.07) is 39.7. The first-order chi connectivity index (χ1) is 53.2. The van der Waals surface area contributed by atoms with E-state index in [1.54, 1.807) is 123 Å². The number of urea groups is 1. The predicted molar refractivity (Wildman–Crippen MR) is 415 cm³/mol. The number of alkyl carbamates (subject to hydrolysis) is 1. The van der Waals surface area contributed by atoms with Crippen LogP contribution < -0.4 is 21.3 Å². The number of carbonyl (C=O) groups excluding carboxylic acids is 9. The quantitative estimate of drug-likeness (QED) is 0.0135. The summed E-state index contributed by atoms with van der Waals surface area (Å²) >= 11 is 2.95. The van der Waals surface area contributed by atoms with E-state index in [4.69, 9.17) is 28.4 Å². The highest BCUT2D eigenvalue weighted by Crippen LogP contribution is 2.64. The lowest BCUT2D eigenvalue weighted by atomic mass is 9.44. The topological polar surface area (TPSA) is 367 Å². The van der Waals surface area contributed by atoms with Crippen LogP contribution in [0.2, 0.25) is 0 Å². The predicted octanol–water partition coefficient (Wildman–Crippen LogP) is 9.64. The zero-order valence-corrected chi connectivity index (χ0v) is 66.1. The number of aliphatic hydroxyl groups excluding tert-OH is 3. The number of hydrogen-bond donors (Lipinski definition) is 8. The van der Waals surface area contributed by atoms with Gasteiger partial charge in [0.05, 0.1) is 75.4 Å². The summed E-state index contributed by atoms with van der Waals surface area (Å²) in [6.07, 6.45) is -9.68. The van der Waals surface area contributed by atoms with Gasteiger partial charge in [-0.1, -0.05) is 169 Å². The first-order valence-corrected chi connectivity index (χ1v) is 39.0. The molecule has 11 rings (SSSR count). The van der Waals surface area contributed by atoms with Crippen LogP contribution in [-0.4, -0.2) is 175 Å². The van der Waals surface area contributed by atoms with Crippen molar-refractivity contribution in [2.45, 2.75) is 199 Å². The van der Waals surface area contributed by atoms with E-state index in [2.05, 4.69) is 45.1 Å². The third-order valence-electron chi connectivity index (χ3n) is 21.6. The fourth-order valence-corrected chi connectivity index (χ4v) is 16.9. The number of aromatic nitrogens is 2. The molecule has 2 aromatic heterocycles. The number of nitrogens with one attached hydrogen (secondary N) is 4. The maximum absolute atomic E-state index is 15.5. The number of ether oxygens (including phenoxy) is 6. The van der Waals surface area contributed by atoms with Gasteiger partial charge in [-0.05, 0) is 91.1 Å². The number of carbonyl (C=O) groups is 9. The van der Waals surface area contributed by atoms with Gasteiger partial charge in [-0.3, -0.25) is 29.0 Å². The SMILES string of the molecule is CC(=O)O[C@H]1C(=O)[C@@]2(C)[C@H]([C@H](OC(=O)c3ccccc3)[C@]3(O)C[C@H](OC(=O)[C@H](O)[C@@H](NC(=O)c4ccccc4)c4ccccc4)C(C)=C1C3(C)C)[C@]1(OC(C)=O)CO[C@@H]1C[C@@H]2O.CC(C)c1nc(CN(C)C(=O)N[C@H](C(=O)N[C@@H](Cc2ccccc2)C[C@H](O)[C@H](Cc2ccccc2)NC(=O)OCc2cncs2)C(C)C)cs1. The maximum Gasteiger partial charge on any atom is 0.407 e. The van der Waals surface area contributed by atoms with Gasteiger partial charge in [0.15, 0.2) is 23.6 Å². The number of benzene rings is 5. The molecule has 5 amide bonds. The van der Waals surface area contributed by atoms with Crippen molar-refractivity contribution in [3.63, 3.8) is 0 Å². The van der Waals surface area contributed by atoms with Crippen molar-refractivity contribution in [2.75, 3.05) is 13.7 Å². The smallest absolute Gasteiger partial charge is 0.407 e. The van der Waals surface area contributed by atoms with Crippen LogP contribution in [0.3, 0.4) is 0 Å². The molecule has 3 heterocycles. The van der Waals surface area contributed by atoms with Crippen LogP contribution >= 0.6 is 22.7 Å². The zero-order valence-electron chi connectivity index (χ0n) is 64.5. The third-order valence-corrected chi connectivity index (χ3v) is 23.6. The fraction of sp³-hybridized carbons (Fsp3) is 0.440. The van der Waals surface area contributed by atoms with Gasteiger partial charge in [-0.2, -0.15) is 0 Å². The van der Waals surface area contributed by atoms with E-state index in [0.717, 1.165) is 40.6 Å². The van der Waals surface area contributed by atoms with Gasteiger partial charge in [0.25, 0.3) is 5.91 Å². The molecule has 15 atom stereocenters. The van der Waals surface area contributed by atoms with Crippen molar-refractivity contribution in [1.82, 2.24) is 36.1 Å². The largest absolute Gasteiger partial charge is 0.456 e. The average molecular weight is 1570 g/mol. The van der Waals surface area contributed by atoms with Gasteiger partial charge < -0.3 is 75.0 Å². The normalized spacial score (nSPS) is 23.7. The van der Waals surface area contributed by atoms with E-state index < -0.39 is 143 Å². The Morgan fingerprint density at radius 2 is 1.33 bits per heavy atom. The second-order valence-corrected chi connectivity index (χ2v) is 32.3. The Kier molecular flexibility index (Phi) is 27.6. The molecule has 1 aliphatic heterocycles. The Balaban J connectivity index is 0.000000244. The Hall–Kier alpha value is -10.1. The first kappa shape index (κ1) is 84.4. The minimum atomic E-state index is -2.39. The van der Waals surface area contributed by atoms with Gasteiger partial charge in [-0.15, -0.1) is 22.7 Å². The van der Waals surface area contributed by atoms with E-state index in [0.29, 0.717) is 30.9 Å². The Morgan fingerprint density at radius 1 is 0.732 bits per heavy atom. The molecule has 1 saturated heterocycles. The molecule has 8 N–H and O–H groups in total. The average Bonchev–Trinajstić information content (AvgIpc) is 0.694. The summed E-state index contributed by atoms with van der Waals surface area (Å²) < 4.78 is 35.7. The van der Waals surface area contributed by atoms with E-state index in [1.807, 2.05) is 79.9 Å². The lowest BCUT2D eigenvalue weighted by molar-refractivity contribution is -0.346. The van der Waals surface area contributed by atoms with Crippen LogP contribution in [0.25, 0.3) is 0 Å². The number of rotatable bonds is 27. The van der Waals surface area contributed by atoms with Gasteiger partial charge in [-0.25, -0.2) is 24.2 Å². The summed E-state index contributed by atoms with van der Waals surface area (Å²) in [4.78, 5) is 134. The summed E-state index contributed by atoms with van der Waals surface area (Å²) in [5, 5.41) is 63.7. The Bertz CT molecular complexity index is 4460. The summed E-state index contributed by atoms with van der Waals surface area (Å²) in [5.41, 5.74) is -2.67. The molecule has 26 nitrogen and oxygen atoms in total. The molecule has 112 heavy (non-hydrogen) atoms. The molecule has 5 aromatic carbocycles. The number of aliphatic hydroxyl groups is 4. The summed E-state index contributed by atoms with van der Waals surface area (Å²) in [5.74, 6) is -7.12. The Labute approximate surface area is 659 Å². The van der Waals surface area contributed by atoms with E-state index in [1.165, 1.54) is 42.2 Å². The lowest BCUT2D eigenvalue weighted by Crippen LogP contribution is -2.82. The minimum Gasteiger partial charge on any atom is -0.456 e. The number of nitrogens with zero attached hydrogens (tertiary/aromatic N) is 3. The number of amides is 5. The number of fused-ring (bicyclic) bond motifs is 5. The van der Waals surface area contributed by atoms with Crippen molar-refractivity contribution < 1.29 is 92.0 Å². The second kappa shape index (κ2) is 36.6. The van der Waals surface area contributed by atoms with Gasteiger partial charge in [0.2, 0.25) is 5.91 Å². The van der Waals surface area contributed by atoms with Crippen LogP contribution in [0.5, 0.6) is 0 Å². The number of Topliss-reactive ketones (excluding diaryl/α,β-unsaturated/α-hetero) is 1. The molecule has 2 bridgehead atoms. The lowest BCUT2D eigenvalue weighted by Gasteiger charge is -2.67. The molecule has 2 saturated carbocycles. The fourth-order valence-electron chi connectivity index (χ4n) is 15.6. The maximum atomic E-state index is 15.5. The van der Waals surface area contributed by atoms with E-state index in [9.17, 15) is 58.8 Å². The van der Waals surface area contributed by atoms with Crippen LogP contribution in [0, 0.1) is 22.7 Å². The molecule has 3 aliphatic carbocycles. The molecule has 28 heteroatoms.